The Morgan fingerprint density at radius 1 is 1.50 bits per heavy atom. The number of nitrogens with zero attached hydrogens (tertiary/aromatic N) is 2. The maximum atomic E-state index is 5.71. The molecule has 3 nitrogen and oxygen atoms in total. The zero-order valence-corrected chi connectivity index (χ0v) is 9.72. The summed E-state index contributed by atoms with van der Waals surface area (Å²) in [4.78, 5) is 4.51. The van der Waals surface area contributed by atoms with Crippen LogP contribution >= 0.6 is 0 Å². The maximum Gasteiger partial charge on any atom is 0.137 e. The highest BCUT2D eigenvalue weighted by Crippen LogP contribution is 2.13. The highest BCUT2D eigenvalue weighted by Gasteiger charge is 2.03. The number of fused-ring (bicyclic) bond motifs is 1. The summed E-state index contributed by atoms with van der Waals surface area (Å²) < 4.78 is 2.01. The number of rotatable bonds is 3. The third-order valence-electron chi connectivity index (χ3n) is 2.69. The van der Waals surface area contributed by atoms with Crippen molar-refractivity contribution in [2.45, 2.75) is 13.8 Å². The first-order valence-corrected chi connectivity index (χ1v) is 5.55. The molecule has 0 aliphatic heterocycles. The van der Waals surface area contributed by atoms with Crippen LogP contribution in [0, 0.1) is 5.92 Å². The predicted octanol–water partition coefficient (Wildman–Crippen LogP) is 2.33. The topological polar surface area (TPSA) is 43.3 Å². The van der Waals surface area contributed by atoms with Crippen molar-refractivity contribution in [3.8, 4) is 0 Å². The molecule has 2 N–H and O–H groups in total. The van der Waals surface area contributed by atoms with Gasteiger partial charge in [0.05, 0.1) is 5.69 Å². The normalized spacial score (nSPS) is 12.6. The first-order valence-electron chi connectivity index (χ1n) is 5.55. The van der Waals surface area contributed by atoms with E-state index in [-0.39, 0.29) is 0 Å². The molecule has 3 heteroatoms. The molecule has 0 aliphatic rings. The van der Waals surface area contributed by atoms with Gasteiger partial charge >= 0.3 is 0 Å². The Bertz CT molecular complexity index is 476. The van der Waals surface area contributed by atoms with Crippen molar-refractivity contribution in [3.63, 3.8) is 0 Å². The summed E-state index contributed by atoms with van der Waals surface area (Å²) in [6.45, 7) is 4.88. The number of pyridine rings is 1. The van der Waals surface area contributed by atoms with Crippen LogP contribution in [-0.2, 0) is 0 Å². The highest BCUT2D eigenvalue weighted by atomic mass is 15.0. The number of hydrogen-bond donors (Lipinski definition) is 1. The van der Waals surface area contributed by atoms with Crippen molar-refractivity contribution in [3.05, 3.63) is 41.9 Å². The Hall–Kier alpha value is -1.61. The van der Waals surface area contributed by atoms with E-state index in [1.165, 1.54) is 5.57 Å². The summed E-state index contributed by atoms with van der Waals surface area (Å²) in [7, 11) is 0. The Morgan fingerprint density at radius 2 is 2.31 bits per heavy atom. The molecule has 2 aromatic heterocycles. The molecule has 0 amide bonds. The average molecular weight is 215 g/mol. The molecule has 0 atom stereocenters. The highest BCUT2D eigenvalue weighted by molar-refractivity contribution is 5.54. The van der Waals surface area contributed by atoms with E-state index < -0.39 is 0 Å². The molecule has 16 heavy (non-hydrogen) atoms. The lowest BCUT2D eigenvalue weighted by molar-refractivity contribution is 0.752. The number of nitrogens with two attached hydrogens (primary N) is 1. The van der Waals surface area contributed by atoms with Gasteiger partial charge in [0.25, 0.3) is 0 Å². The van der Waals surface area contributed by atoms with Gasteiger partial charge in [0.2, 0.25) is 0 Å². The SMILES string of the molecule is CC(C)C(=Cc1cn2ccccc2n1)CN. The third kappa shape index (κ3) is 2.14. The van der Waals surface area contributed by atoms with Crippen molar-refractivity contribution in [2.75, 3.05) is 6.54 Å². The molecule has 0 unspecified atom stereocenters. The number of aromatic nitrogens is 2. The molecule has 0 fully saturated rings. The first kappa shape index (κ1) is 10.9. The van der Waals surface area contributed by atoms with Gasteiger partial charge in [-0.15, -0.1) is 0 Å². The molecule has 2 aromatic rings. The van der Waals surface area contributed by atoms with E-state index in [2.05, 4.69) is 24.9 Å². The van der Waals surface area contributed by atoms with Gasteiger partial charge in [0.1, 0.15) is 5.65 Å². The quantitative estimate of drug-likeness (QED) is 0.854. The predicted molar refractivity (Wildman–Crippen MR) is 67.1 cm³/mol. The van der Waals surface area contributed by atoms with Crippen molar-refractivity contribution in [1.82, 2.24) is 9.38 Å². The van der Waals surface area contributed by atoms with Gasteiger partial charge in [-0.1, -0.05) is 25.5 Å². The van der Waals surface area contributed by atoms with Gasteiger partial charge in [-0.2, -0.15) is 0 Å². The van der Waals surface area contributed by atoms with Crippen LogP contribution in [0.25, 0.3) is 11.7 Å². The van der Waals surface area contributed by atoms with Gasteiger partial charge < -0.3 is 10.1 Å². The summed E-state index contributed by atoms with van der Waals surface area (Å²) in [5.41, 5.74) is 8.88. The minimum Gasteiger partial charge on any atom is -0.327 e. The van der Waals surface area contributed by atoms with E-state index in [0.29, 0.717) is 12.5 Å². The fraction of sp³-hybridized carbons (Fsp3) is 0.308. The minimum absolute atomic E-state index is 0.467. The summed E-state index contributed by atoms with van der Waals surface area (Å²) in [5.74, 6) is 0.467. The minimum atomic E-state index is 0.467. The van der Waals surface area contributed by atoms with Crippen LogP contribution in [0.4, 0.5) is 0 Å². The van der Waals surface area contributed by atoms with Gasteiger partial charge in [0, 0.05) is 18.9 Å². The molecule has 0 saturated heterocycles. The summed E-state index contributed by atoms with van der Waals surface area (Å²) in [6.07, 6.45) is 6.10. The summed E-state index contributed by atoms with van der Waals surface area (Å²) >= 11 is 0. The van der Waals surface area contributed by atoms with E-state index in [1.54, 1.807) is 0 Å². The second-order valence-corrected chi connectivity index (χ2v) is 4.21. The molecule has 0 bridgehead atoms. The Kier molecular flexibility index (Phi) is 3.06. The lowest BCUT2D eigenvalue weighted by Crippen LogP contribution is -2.08. The molecule has 2 heterocycles. The van der Waals surface area contributed by atoms with Crippen molar-refractivity contribution in [1.29, 1.82) is 0 Å². The first-order chi connectivity index (χ1) is 7.70. The fourth-order valence-corrected chi connectivity index (χ4v) is 1.68. The second-order valence-electron chi connectivity index (χ2n) is 4.21. The van der Waals surface area contributed by atoms with E-state index in [0.717, 1.165) is 11.3 Å². The molecule has 0 aliphatic carbocycles. The van der Waals surface area contributed by atoms with Crippen molar-refractivity contribution < 1.29 is 0 Å². The molecule has 0 radical (unpaired) electrons. The van der Waals surface area contributed by atoms with Crippen LogP contribution in [0.15, 0.2) is 36.2 Å². The van der Waals surface area contributed by atoms with Crippen molar-refractivity contribution in [2.24, 2.45) is 11.7 Å². The number of hydrogen-bond acceptors (Lipinski definition) is 2. The lowest BCUT2D eigenvalue weighted by atomic mass is 10.0. The Labute approximate surface area is 95.6 Å². The van der Waals surface area contributed by atoms with Crippen molar-refractivity contribution >= 4 is 11.7 Å². The second kappa shape index (κ2) is 4.49. The van der Waals surface area contributed by atoms with E-state index in [4.69, 9.17) is 5.73 Å². The average Bonchev–Trinajstić information content (AvgIpc) is 2.67. The van der Waals surface area contributed by atoms with Gasteiger partial charge in [-0.25, -0.2) is 4.98 Å². The fourth-order valence-electron chi connectivity index (χ4n) is 1.68. The van der Waals surface area contributed by atoms with E-state index in [1.807, 2.05) is 35.0 Å². The van der Waals surface area contributed by atoms with Gasteiger partial charge in [-0.05, 0) is 24.1 Å². The van der Waals surface area contributed by atoms with Crippen LogP contribution < -0.4 is 5.73 Å². The molecular weight excluding hydrogens is 198 g/mol. The molecule has 84 valence electrons. The molecule has 0 spiro atoms. The molecular formula is C13H17N3. The Morgan fingerprint density at radius 3 is 2.94 bits per heavy atom. The smallest absolute Gasteiger partial charge is 0.137 e. The number of imidazole rings is 1. The van der Waals surface area contributed by atoms with Gasteiger partial charge in [0.15, 0.2) is 0 Å². The molecule has 0 aromatic carbocycles. The van der Waals surface area contributed by atoms with Gasteiger partial charge in [-0.3, -0.25) is 0 Å². The van der Waals surface area contributed by atoms with Crippen LogP contribution in [0.2, 0.25) is 0 Å². The lowest BCUT2D eigenvalue weighted by Gasteiger charge is -2.06. The largest absolute Gasteiger partial charge is 0.327 e. The van der Waals surface area contributed by atoms with Crippen LogP contribution in [-0.4, -0.2) is 15.9 Å². The zero-order valence-electron chi connectivity index (χ0n) is 9.72. The monoisotopic (exact) mass is 215 g/mol. The molecule has 0 saturated carbocycles. The summed E-state index contributed by atoms with van der Waals surface area (Å²) in [6, 6.07) is 5.98. The van der Waals surface area contributed by atoms with Crippen LogP contribution in [0.3, 0.4) is 0 Å². The van der Waals surface area contributed by atoms with E-state index >= 15 is 0 Å². The van der Waals surface area contributed by atoms with Crippen LogP contribution in [0.1, 0.15) is 19.5 Å². The third-order valence-corrected chi connectivity index (χ3v) is 2.69. The standard InChI is InChI=1S/C13H17N3/c1-10(2)11(8-14)7-12-9-16-6-4-3-5-13(16)15-12/h3-7,9-10H,8,14H2,1-2H3. The Balaban J connectivity index is 2.40. The maximum absolute atomic E-state index is 5.71. The zero-order chi connectivity index (χ0) is 11.5. The van der Waals surface area contributed by atoms with Crippen LogP contribution in [0.5, 0.6) is 0 Å². The summed E-state index contributed by atoms with van der Waals surface area (Å²) in [5, 5.41) is 0. The van der Waals surface area contributed by atoms with E-state index in [9.17, 15) is 0 Å². The molecule has 2 rings (SSSR count).